The maximum atomic E-state index is 12.5. The highest BCUT2D eigenvalue weighted by Crippen LogP contribution is 2.36. The van der Waals surface area contributed by atoms with Gasteiger partial charge in [0, 0.05) is 24.5 Å². The summed E-state index contributed by atoms with van der Waals surface area (Å²) in [6, 6.07) is 10.6. The number of nitrogens with zero attached hydrogens (tertiary/aromatic N) is 1. The molecule has 1 N–H and O–H groups in total. The Hall–Kier alpha value is -2.88. The van der Waals surface area contributed by atoms with Crippen LogP contribution in [0.2, 0.25) is 0 Å². The van der Waals surface area contributed by atoms with Gasteiger partial charge in [0.25, 0.3) is 0 Å². The number of fused-ring (bicyclic) bond motifs is 1. The standard InChI is InChI=1S/C28H36N2O2/c1-4-5-11-26-23(12-13-24-19-25(32-3)15-16-27(24)26)14-17-28(31)30-21(2)8-6-9-22-10-7-18-29-20-22/h7,10,14-21H,4-6,8-9,11-13H2,1-3H3,(H,30,31)/b17-14+/t21-/m1/s1. The summed E-state index contributed by atoms with van der Waals surface area (Å²) in [5.41, 5.74) is 6.57. The average molecular weight is 433 g/mol. The van der Waals surface area contributed by atoms with Gasteiger partial charge >= 0.3 is 0 Å². The molecule has 4 heteroatoms. The Morgan fingerprint density at radius 2 is 2.09 bits per heavy atom. The lowest BCUT2D eigenvalue weighted by Crippen LogP contribution is -2.31. The van der Waals surface area contributed by atoms with Crippen LogP contribution in [-0.2, 0) is 17.6 Å². The van der Waals surface area contributed by atoms with E-state index in [9.17, 15) is 4.79 Å². The molecule has 1 amide bonds. The normalized spacial score (nSPS) is 14.3. The van der Waals surface area contributed by atoms with Crippen LogP contribution in [0.5, 0.6) is 5.75 Å². The molecule has 0 aliphatic heterocycles. The first kappa shape index (κ1) is 23.8. The first-order chi connectivity index (χ1) is 15.6. The summed E-state index contributed by atoms with van der Waals surface area (Å²) in [4.78, 5) is 16.7. The number of allylic oxidation sites excluding steroid dienone is 3. The van der Waals surface area contributed by atoms with Crippen molar-refractivity contribution in [2.75, 3.05) is 7.11 Å². The fourth-order valence-electron chi connectivity index (χ4n) is 4.32. The lowest BCUT2D eigenvalue weighted by molar-refractivity contribution is -0.117. The minimum atomic E-state index is -0.0123. The van der Waals surface area contributed by atoms with Crippen LogP contribution in [0, 0.1) is 0 Å². The second kappa shape index (κ2) is 12.2. The largest absolute Gasteiger partial charge is 0.497 e. The number of benzene rings is 1. The van der Waals surface area contributed by atoms with Gasteiger partial charge in [0.2, 0.25) is 5.91 Å². The maximum absolute atomic E-state index is 12.5. The van der Waals surface area contributed by atoms with Crippen molar-refractivity contribution in [3.05, 3.63) is 77.1 Å². The number of amides is 1. The van der Waals surface area contributed by atoms with Crippen LogP contribution in [0.15, 0.2) is 60.5 Å². The van der Waals surface area contributed by atoms with E-state index in [1.807, 2.05) is 24.4 Å². The Labute approximate surface area is 192 Å². The monoisotopic (exact) mass is 432 g/mol. The first-order valence-corrected chi connectivity index (χ1v) is 11.9. The van der Waals surface area contributed by atoms with Crippen molar-refractivity contribution in [3.8, 4) is 5.75 Å². The zero-order valence-electron chi connectivity index (χ0n) is 19.7. The number of hydrogen-bond donors (Lipinski definition) is 1. The van der Waals surface area contributed by atoms with Crippen LogP contribution in [-0.4, -0.2) is 24.0 Å². The molecule has 0 saturated carbocycles. The fourth-order valence-corrected chi connectivity index (χ4v) is 4.32. The number of nitrogens with one attached hydrogen (secondary N) is 1. The number of aromatic nitrogens is 1. The van der Waals surface area contributed by atoms with E-state index in [1.54, 1.807) is 19.4 Å². The number of unbranched alkanes of at least 4 members (excludes halogenated alkanes) is 1. The van der Waals surface area contributed by atoms with Gasteiger partial charge < -0.3 is 10.1 Å². The third-order valence-electron chi connectivity index (χ3n) is 6.12. The van der Waals surface area contributed by atoms with E-state index in [1.165, 1.54) is 27.8 Å². The fraction of sp³-hybridized carbons (Fsp3) is 0.429. The third-order valence-corrected chi connectivity index (χ3v) is 6.12. The molecule has 0 unspecified atom stereocenters. The second-order valence-corrected chi connectivity index (χ2v) is 8.63. The van der Waals surface area contributed by atoms with E-state index in [2.05, 4.69) is 42.3 Å². The van der Waals surface area contributed by atoms with E-state index in [-0.39, 0.29) is 11.9 Å². The molecule has 1 atom stereocenters. The quantitative estimate of drug-likeness (QED) is 0.439. The van der Waals surface area contributed by atoms with E-state index in [4.69, 9.17) is 4.74 Å². The Morgan fingerprint density at radius 1 is 1.22 bits per heavy atom. The van der Waals surface area contributed by atoms with Gasteiger partial charge in [0.15, 0.2) is 0 Å². The lowest BCUT2D eigenvalue weighted by atomic mass is 9.83. The summed E-state index contributed by atoms with van der Waals surface area (Å²) in [5, 5.41) is 3.12. The minimum Gasteiger partial charge on any atom is -0.497 e. The highest BCUT2D eigenvalue weighted by atomic mass is 16.5. The third kappa shape index (κ3) is 6.81. The second-order valence-electron chi connectivity index (χ2n) is 8.63. The van der Waals surface area contributed by atoms with Crippen molar-refractivity contribution in [1.82, 2.24) is 10.3 Å². The van der Waals surface area contributed by atoms with E-state index in [0.717, 1.165) is 57.1 Å². The lowest BCUT2D eigenvalue weighted by Gasteiger charge is -2.23. The summed E-state index contributed by atoms with van der Waals surface area (Å²) < 4.78 is 5.41. The predicted octanol–water partition coefficient (Wildman–Crippen LogP) is 6.06. The molecule has 1 aliphatic rings. The summed E-state index contributed by atoms with van der Waals surface area (Å²) in [6.07, 6.45) is 15.7. The number of hydrogen-bond acceptors (Lipinski definition) is 3. The topological polar surface area (TPSA) is 51.2 Å². The molecule has 0 saturated heterocycles. The average Bonchev–Trinajstić information content (AvgIpc) is 2.81. The van der Waals surface area contributed by atoms with Crippen molar-refractivity contribution < 1.29 is 9.53 Å². The van der Waals surface area contributed by atoms with Crippen molar-refractivity contribution in [2.24, 2.45) is 0 Å². The molecule has 170 valence electrons. The molecule has 0 bridgehead atoms. The highest BCUT2D eigenvalue weighted by Gasteiger charge is 2.18. The van der Waals surface area contributed by atoms with Crippen LogP contribution in [0.1, 0.15) is 69.1 Å². The molecular formula is C28H36N2O2. The molecule has 3 rings (SSSR count). The molecule has 2 aromatic rings. The number of ether oxygens (including phenoxy) is 1. The van der Waals surface area contributed by atoms with Crippen molar-refractivity contribution in [1.29, 1.82) is 0 Å². The van der Waals surface area contributed by atoms with E-state index < -0.39 is 0 Å². The van der Waals surface area contributed by atoms with Crippen LogP contribution >= 0.6 is 0 Å². The van der Waals surface area contributed by atoms with Gasteiger partial charge in [-0.25, -0.2) is 0 Å². The van der Waals surface area contributed by atoms with Gasteiger partial charge in [-0.2, -0.15) is 0 Å². The first-order valence-electron chi connectivity index (χ1n) is 11.9. The van der Waals surface area contributed by atoms with Crippen LogP contribution < -0.4 is 10.1 Å². The molecule has 1 heterocycles. The molecule has 0 spiro atoms. The SMILES string of the molecule is CCCCC1=C(/C=C/C(=O)N[C@H](C)CCCc2cccnc2)CCc2cc(OC)ccc21. The van der Waals surface area contributed by atoms with Gasteiger partial charge in [-0.1, -0.05) is 31.6 Å². The van der Waals surface area contributed by atoms with Crippen molar-refractivity contribution in [2.45, 2.75) is 71.3 Å². The van der Waals surface area contributed by atoms with Gasteiger partial charge in [-0.15, -0.1) is 0 Å². The Balaban J connectivity index is 1.60. The van der Waals surface area contributed by atoms with Crippen LogP contribution in [0.25, 0.3) is 5.57 Å². The number of pyridine rings is 1. The van der Waals surface area contributed by atoms with Crippen LogP contribution in [0.4, 0.5) is 0 Å². The Kier molecular flexibility index (Phi) is 9.09. The molecule has 0 fully saturated rings. The van der Waals surface area contributed by atoms with Crippen molar-refractivity contribution in [3.63, 3.8) is 0 Å². The van der Waals surface area contributed by atoms with Gasteiger partial charge in [-0.05, 0) is 97.9 Å². The predicted molar refractivity (Wildman–Crippen MR) is 132 cm³/mol. The molecule has 1 aliphatic carbocycles. The smallest absolute Gasteiger partial charge is 0.244 e. The molecule has 1 aromatic carbocycles. The number of carbonyl (C=O) groups excluding carboxylic acids is 1. The highest BCUT2D eigenvalue weighted by molar-refractivity contribution is 5.89. The molecule has 4 nitrogen and oxygen atoms in total. The number of carbonyl (C=O) groups is 1. The molecule has 1 aromatic heterocycles. The minimum absolute atomic E-state index is 0.0123. The van der Waals surface area contributed by atoms with Crippen molar-refractivity contribution >= 4 is 11.5 Å². The van der Waals surface area contributed by atoms with Gasteiger partial charge in [-0.3, -0.25) is 9.78 Å². The number of methoxy groups -OCH3 is 1. The van der Waals surface area contributed by atoms with Crippen LogP contribution in [0.3, 0.4) is 0 Å². The Morgan fingerprint density at radius 3 is 2.84 bits per heavy atom. The molecular weight excluding hydrogens is 396 g/mol. The van der Waals surface area contributed by atoms with Gasteiger partial charge in [0.05, 0.1) is 7.11 Å². The summed E-state index contributed by atoms with van der Waals surface area (Å²) in [5.74, 6) is 0.899. The maximum Gasteiger partial charge on any atom is 0.244 e. The summed E-state index contributed by atoms with van der Waals surface area (Å²) in [6.45, 7) is 4.29. The number of rotatable bonds is 11. The molecule has 0 radical (unpaired) electrons. The van der Waals surface area contributed by atoms with E-state index in [0.29, 0.717) is 0 Å². The zero-order valence-corrected chi connectivity index (χ0v) is 19.7. The summed E-state index contributed by atoms with van der Waals surface area (Å²) >= 11 is 0. The number of aryl methyl sites for hydroxylation is 2. The zero-order chi connectivity index (χ0) is 22.8. The Bertz CT molecular complexity index is 947. The van der Waals surface area contributed by atoms with E-state index >= 15 is 0 Å². The van der Waals surface area contributed by atoms with Gasteiger partial charge in [0.1, 0.15) is 5.75 Å². The molecule has 32 heavy (non-hydrogen) atoms. The summed E-state index contributed by atoms with van der Waals surface area (Å²) in [7, 11) is 1.71.